The molecule has 0 bridgehead atoms. The first-order chi connectivity index (χ1) is 11.6. The maximum absolute atomic E-state index is 5.99. The molecule has 1 atom stereocenters. The number of nitrogens with one attached hydrogen (secondary N) is 2. The predicted octanol–water partition coefficient (Wildman–Crippen LogP) is 3.90. The first kappa shape index (κ1) is 21.7. The zero-order chi connectivity index (χ0) is 17.4. The average molecular weight is 478 g/mol. The highest BCUT2D eigenvalue weighted by Crippen LogP contribution is 2.19. The third-order valence-electron chi connectivity index (χ3n) is 3.49. The summed E-state index contributed by atoms with van der Waals surface area (Å²) in [5.41, 5.74) is 0.841. The number of aliphatic imine (C=N–C) groups is 1. The van der Waals surface area contributed by atoms with Gasteiger partial charge in [0.15, 0.2) is 5.96 Å². The monoisotopic (exact) mass is 477 g/mol. The lowest BCUT2D eigenvalue weighted by Crippen LogP contribution is -2.42. The molecule has 1 aromatic heterocycles. The molecule has 0 spiro atoms. The summed E-state index contributed by atoms with van der Waals surface area (Å²) in [6.45, 7) is 7.70. The molecule has 0 saturated heterocycles. The molecule has 1 aromatic carbocycles. The molecule has 25 heavy (non-hydrogen) atoms. The van der Waals surface area contributed by atoms with Gasteiger partial charge in [-0.2, -0.15) is 4.98 Å². The average Bonchev–Trinajstić information content (AvgIpc) is 3.04. The van der Waals surface area contributed by atoms with Gasteiger partial charge in [0, 0.05) is 29.6 Å². The Balaban J connectivity index is 0.00000312. The molecule has 0 radical (unpaired) electrons. The van der Waals surface area contributed by atoms with Crippen molar-refractivity contribution < 1.29 is 4.52 Å². The third-order valence-corrected chi connectivity index (χ3v) is 3.72. The highest BCUT2D eigenvalue weighted by atomic mass is 127. The second-order valence-electron chi connectivity index (χ2n) is 5.49. The van der Waals surface area contributed by atoms with Gasteiger partial charge in [-0.1, -0.05) is 35.8 Å². The van der Waals surface area contributed by atoms with E-state index in [-0.39, 0.29) is 24.0 Å². The molecule has 2 rings (SSSR count). The van der Waals surface area contributed by atoms with Crippen LogP contribution < -0.4 is 10.6 Å². The summed E-state index contributed by atoms with van der Waals surface area (Å²) in [7, 11) is 0. The third kappa shape index (κ3) is 7.19. The van der Waals surface area contributed by atoms with Crippen LogP contribution in [0.25, 0.3) is 11.4 Å². The highest BCUT2D eigenvalue weighted by Gasteiger charge is 2.09. The number of aromatic nitrogens is 2. The number of hydrogen-bond donors (Lipinski definition) is 2. The quantitative estimate of drug-likeness (QED) is 0.359. The van der Waals surface area contributed by atoms with Crippen LogP contribution in [-0.2, 0) is 6.42 Å². The smallest absolute Gasteiger partial charge is 0.228 e. The first-order valence-electron chi connectivity index (χ1n) is 8.25. The number of guanidine groups is 1. The Morgan fingerprint density at radius 2 is 2.16 bits per heavy atom. The fraction of sp³-hybridized carbons (Fsp3) is 0.471. The Kier molecular flexibility index (Phi) is 9.81. The van der Waals surface area contributed by atoms with E-state index in [1.807, 2.05) is 31.2 Å². The Labute approximate surface area is 170 Å². The molecule has 1 heterocycles. The van der Waals surface area contributed by atoms with E-state index >= 15 is 0 Å². The number of hydrogen-bond acceptors (Lipinski definition) is 4. The van der Waals surface area contributed by atoms with E-state index in [4.69, 9.17) is 16.1 Å². The molecule has 0 amide bonds. The lowest BCUT2D eigenvalue weighted by atomic mass is 10.2. The van der Waals surface area contributed by atoms with E-state index in [1.54, 1.807) is 0 Å². The molecule has 138 valence electrons. The van der Waals surface area contributed by atoms with Crippen LogP contribution in [0.5, 0.6) is 0 Å². The molecular formula is C17H25ClIN5O. The van der Waals surface area contributed by atoms with Crippen LogP contribution in [0.3, 0.4) is 0 Å². The van der Waals surface area contributed by atoms with Crippen molar-refractivity contribution in [3.8, 4) is 11.4 Å². The summed E-state index contributed by atoms with van der Waals surface area (Å²) in [6, 6.07) is 7.76. The van der Waals surface area contributed by atoms with E-state index in [2.05, 4.69) is 39.6 Å². The molecule has 2 N–H and O–H groups in total. The molecule has 0 aliphatic rings. The number of halogens is 2. The zero-order valence-corrected chi connectivity index (χ0v) is 17.8. The summed E-state index contributed by atoms with van der Waals surface area (Å²) in [5, 5.41) is 11.2. The minimum Gasteiger partial charge on any atom is -0.357 e. The summed E-state index contributed by atoms with van der Waals surface area (Å²) >= 11 is 5.99. The summed E-state index contributed by atoms with van der Waals surface area (Å²) < 4.78 is 5.29. The van der Waals surface area contributed by atoms with E-state index < -0.39 is 0 Å². The molecule has 1 unspecified atom stereocenters. The second kappa shape index (κ2) is 11.3. The minimum absolute atomic E-state index is 0. The predicted molar refractivity (Wildman–Crippen MR) is 113 cm³/mol. The van der Waals surface area contributed by atoms with Crippen molar-refractivity contribution >= 4 is 41.5 Å². The lowest BCUT2D eigenvalue weighted by Gasteiger charge is -2.15. The maximum Gasteiger partial charge on any atom is 0.228 e. The van der Waals surface area contributed by atoms with Crippen LogP contribution in [0, 0.1) is 0 Å². The standard InChI is InChI=1S/C17H24ClN5O.HI/c1-4-12(3)21-17(19-5-2)20-10-9-15-22-16(23-24-15)13-7-6-8-14(18)11-13;/h6-8,11-12H,4-5,9-10H2,1-3H3,(H2,19,20,21);1H. The van der Waals surface area contributed by atoms with Gasteiger partial charge in [-0.05, 0) is 32.4 Å². The normalized spacial score (nSPS) is 12.4. The molecule has 0 fully saturated rings. The molecule has 0 aliphatic carbocycles. The van der Waals surface area contributed by atoms with E-state index in [0.717, 1.165) is 24.5 Å². The van der Waals surface area contributed by atoms with E-state index in [9.17, 15) is 0 Å². The lowest BCUT2D eigenvalue weighted by molar-refractivity contribution is 0.380. The first-order valence-corrected chi connectivity index (χ1v) is 8.63. The fourth-order valence-electron chi connectivity index (χ4n) is 2.02. The second-order valence-corrected chi connectivity index (χ2v) is 5.92. The van der Waals surface area contributed by atoms with Gasteiger partial charge in [-0.25, -0.2) is 0 Å². The zero-order valence-electron chi connectivity index (χ0n) is 14.8. The van der Waals surface area contributed by atoms with Gasteiger partial charge in [-0.15, -0.1) is 24.0 Å². The van der Waals surface area contributed by atoms with Gasteiger partial charge in [0.05, 0.1) is 6.54 Å². The Bertz CT molecular complexity index is 677. The van der Waals surface area contributed by atoms with Gasteiger partial charge in [-0.3, -0.25) is 4.99 Å². The van der Waals surface area contributed by atoms with Gasteiger partial charge < -0.3 is 15.2 Å². The highest BCUT2D eigenvalue weighted by molar-refractivity contribution is 14.0. The number of benzene rings is 1. The van der Waals surface area contributed by atoms with Crippen LogP contribution in [-0.4, -0.2) is 35.2 Å². The molecule has 2 aromatic rings. The van der Waals surface area contributed by atoms with Crippen LogP contribution in [0.15, 0.2) is 33.8 Å². The van der Waals surface area contributed by atoms with Crippen molar-refractivity contribution in [2.45, 2.75) is 39.7 Å². The van der Waals surface area contributed by atoms with Crippen molar-refractivity contribution in [3.63, 3.8) is 0 Å². The largest absolute Gasteiger partial charge is 0.357 e. The van der Waals surface area contributed by atoms with Crippen molar-refractivity contribution in [1.82, 2.24) is 20.8 Å². The van der Waals surface area contributed by atoms with Crippen LogP contribution in [0.1, 0.15) is 33.1 Å². The topological polar surface area (TPSA) is 75.3 Å². The SMILES string of the molecule is CCNC(=NCCc1nc(-c2cccc(Cl)c2)no1)NC(C)CC.I. The molecular weight excluding hydrogens is 453 g/mol. The van der Waals surface area contributed by atoms with Crippen molar-refractivity contribution in [3.05, 3.63) is 35.2 Å². The summed E-state index contributed by atoms with van der Waals surface area (Å²) in [4.78, 5) is 8.93. The number of rotatable bonds is 7. The van der Waals surface area contributed by atoms with Gasteiger partial charge in [0.1, 0.15) is 0 Å². The Hall–Kier alpha value is -1.35. The number of nitrogens with zero attached hydrogens (tertiary/aromatic N) is 3. The fourth-order valence-corrected chi connectivity index (χ4v) is 2.21. The summed E-state index contributed by atoms with van der Waals surface area (Å²) in [6.07, 6.45) is 1.63. The van der Waals surface area contributed by atoms with E-state index in [1.165, 1.54) is 0 Å². The van der Waals surface area contributed by atoms with Crippen LogP contribution >= 0.6 is 35.6 Å². The molecule has 0 saturated carbocycles. The van der Waals surface area contributed by atoms with Crippen LogP contribution in [0.4, 0.5) is 0 Å². The minimum atomic E-state index is 0. The van der Waals surface area contributed by atoms with Crippen LogP contribution in [0.2, 0.25) is 5.02 Å². The van der Waals surface area contributed by atoms with Crippen molar-refractivity contribution in [2.24, 2.45) is 4.99 Å². The molecule has 6 nitrogen and oxygen atoms in total. The van der Waals surface area contributed by atoms with Gasteiger partial charge in [0.2, 0.25) is 11.7 Å². The molecule has 0 aliphatic heterocycles. The van der Waals surface area contributed by atoms with Crippen molar-refractivity contribution in [2.75, 3.05) is 13.1 Å². The van der Waals surface area contributed by atoms with Gasteiger partial charge >= 0.3 is 0 Å². The summed E-state index contributed by atoms with van der Waals surface area (Å²) in [5.74, 6) is 1.91. The Morgan fingerprint density at radius 1 is 1.36 bits per heavy atom. The van der Waals surface area contributed by atoms with Gasteiger partial charge in [0.25, 0.3) is 0 Å². The maximum atomic E-state index is 5.99. The Morgan fingerprint density at radius 3 is 2.84 bits per heavy atom. The van der Waals surface area contributed by atoms with E-state index in [0.29, 0.717) is 35.7 Å². The van der Waals surface area contributed by atoms with Crippen molar-refractivity contribution in [1.29, 1.82) is 0 Å². The molecule has 8 heteroatoms.